The number of pyridine rings is 1. The fraction of sp³-hybridized carbons (Fsp3) is 0.500. The zero-order valence-electron chi connectivity index (χ0n) is 10.5. The predicted molar refractivity (Wildman–Crippen MR) is 66.1 cm³/mol. The lowest BCUT2D eigenvalue weighted by Crippen LogP contribution is -2.42. The van der Waals surface area contributed by atoms with Gasteiger partial charge in [0.1, 0.15) is 5.69 Å². The molecule has 1 aliphatic heterocycles. The van der Waals surface area contributed by atoms with Gasteiger partial charge in [-0.15, -0.1) is 0 Å². The van der Waals surface area contributed by atoms with Crippen LogP contribution in [0.3, 0.4) is 0 Å². The predicted octanol–water partition coefficient (Wildman–Crippen LogP) is 0.500. The second kappa shape index (κ2) is 5.32. The molecule has 0 unspecified atom stereocenters. The number of hydrogen-bond acceptors (Lipinski definition) is 6. The number of nitrogen functional groups attached to an aromatic ring is 1. The summed E-state index contributed by atoms with van der Waals surface area (Å²) in [6, 6.07) is 1.87. The highest BCUT2D eigenvalue weighted by Gasteiger charge is 2.23. The molecule has 2 rings (SSSR count). The van der Waals surface area contributed by atoms with Crippen LogP contribution < -0.4 is 11.1 Å². The topological polar surface area (TPSA) is 86.5 Å². The van der Waals surface area contributed by atoms with E-state index in [1.165, 1.54) is 13.3 Å². The third-order valence-electron chi connectivity index (χ3n) is 2.88. The summed E-state index contributed by atoms with van der Waals surface area (Å²) in [6.07, 6.45) is 1.47. The molecule has 6 heteroatoms. The minimum absolute atomic E-state index is 0.0276. The number of methoxy groups -OCH3 is 1. The molecule has 98 valence electrons. The highest BCUT2D eigenvalue weighted by molar-refractivity contribution is 5.87. The Morgan fingerprint density at radius 3 is 3.06 bits per heavy atom. The van der Waals surface area contributed by atoms with Crippen molar-refractivity contribution in [2.24, 2.45) is 0 Å². The smallest absolute Gasteiger partial charge is 0.356 e. The first-order valence-electron chi connectivity index (χ1n) is 5.79. The van der Waals surface area contributed by atoms with E-state index in [4.69, 9.17) is 10.5 Å². The van der Waals surface area contributed by atoms with Crippen LogP contribution in [0.25, 0.3) is 0 Å². The van der Waals surface area contributed by atoms with E-state index in [2.05, 4.69) is 15.0 Å². The number of nitrogens with one attached hydrogen (secondary N) is 1. The van der Waals surface area contributed by atoms with E-state index in [9.17, 15) is 4.79 Å². The van der Waals surface area contributed by atoms with Gasteiger partial charge in [0.15, 0.2) is 0 Å². The van der Waals surface area contributed by atoms with Crippen LogP contribution in [0, 0.1) is 0 Å². The first-order chi connectivity index (χ1) is 8.61. The first-order valence-corrected chi connectivity index (χ1v) is 5.79. The Hall–Kier alpha value is -1.66. The van der Waals surface area contributed by atoms with Gasteiger partial charge >= 0.3 is 5.97 Å². The molecule has 1 aliphatic rings. The molecular formula is C12H17N3O3. The van der Waals surface area contributed by atoms with E-state index in [1.807, 2.05) is 6.92 Å². The number of anilines is 1. The van der Waals surface area contributed by atoms with Crippen LogP contribution in [0.2, 0.25) is 0 Å². The van der Waals surface area contributed by atoms with E-state index in [0.717, 1.165) is 5.56 Å². The summed E-state index contributed by atoms with van der Waals surface area (Å²) >= 11 is 0. The molecule has 1 aromatic rings. The van der Waals surface area contributed by atoms with Gasteiger partial charge in [0.2, 0.25) is 0 Å². The SMILES string of the molecule is COC(=O)c1cc([C@@H]2COC[C@@H](C)N2)c(N)cn1. The van der Waals surface area contributed by atoms with Crippen molar-refractivity contribution in [2.45, 2.75) is 19.0 Å². The number of ether oxygens (including phenoxy) is 2. The molecule has 0 aliphatic carbocycles. The maximum absolute atomic E-state index is 11.4. The molecule has 0 saturated carbocycles. The number of rotatable bonds is 2. The molecule has 0 amide bonds. The van der Waals surface area contributed by atoms with Gasteiger partial charge in [-0.25, -0.2) is 9.78 Å². The Morgan fingerprint density at radius 1 is 1.61 bits per heavy atom. The van der Waals surface area contributed by atoms with Crippen LogP contribution in [0.5, 0.6) is 0 Å². The molecule has 0 bridgehead atoms. The van der Waals surface area contributed by atoms with Crippen LogP contribution in [0.15, 0.2) is 12.3 Å². The fourth-order valence-electron chi connectivity index (χ4n) is 1.98. The molecule has 0 spiro atoms. The Morgan fingerprint density at radius 2 is 2.39 bits per heavy atom. The molecular weight excluding hydrogens is 234 g/mol. The summed E-state index contributed by atoms with van der Waals surface area (Å²) in [5, 5.41) is 3.37. The van der Waals surface area contributed by atoms with Crippen molar-refractivity contribution in [1.82, 2.24) is 10.3 Å². The number of hydrogen-bond donors (Lipinski definition) is 2. The summed E-state index contributed by atoms with van der Waals surface area (Å²) in [6.45, 7) is 3.23. The highest BCUT2D eigenvalue weighted by atomic mass is 16.5. The van der Waals surface area contributed by atoms with Crippen molar-refractivity contribution in [3.8, 4) is 0 Å². The number of morpholine rings is 1. The van der Waals surface area contributed by atoms with E-state index >= 15 is 0 Å². The molecule has 3 N–H and O–H groups in total. The molecule has 18 heavy (non-hydrogen) atoms. The number of carbonyl (C=O) groups excluding carboxylic acids is 1. The largest absolute Gasteiger partial charge is 0.464 e. The molecule has 1 saturated heterocycles. The Kier molecular flexibility index (Phi) is 3.78. The summed E-state index contributed by atoms with van der Waals surface area (Å²) in [7, 11) is 1.32. The Bertz CT molecular complexity index is 450. The maximum Gasteiger partial charge on any atom is 0.356 e. The van der Waals surface area contributed by atoms with Crippen LogP contribution in [0.4, 0.5) is 5.69 Å². The average molecular weight is 251 g/mol. The van der Waals surface area contributed by atoms with E-state index in [-0.39, 0.29) is 17.8 Å². The van der Waals surface area contributed by atoms with Gasteiger partial charge in [0.05, 0.1) is 38.2 Å². The molecule has 2 heterocycles. The fourth-order valence-corrected chi connectivity index (χ4v) is 1.98. The number of nitrogens with two attached hydrogens (primary N) is 1. The molecule has 1 fully saturated rings. The third-order valence-corrected chi connectivity index (χ3v) is 2.88. The molecule has 0 aromatic carbocycles. The molecule has 0 radical (unpaired) electrons. The minimum Gasteiger partial charge on any atom is -0.464 e. The molecule has 6 nitrogen and oxygen atoms in total. The maximum atomic E-state index is 11.4. The van der Waals surface area contributed by atoms with Gasteiger partial charge in [0.25, 0.3) is 0 Å². The lowest BCUT2D eigenvalue weighted by molar-refractivity contribution is 0.0503. The minimum atomic E-state index is -0.471. The normalized spacial score (nSPS) is 23.7. The van der Waals surface area contributed by atoms with Crippen molar-refractivity contribution < 1.29 is 14.3 Å². The van der Waals surface area contributed by atoms with Gasteiger partial charge in [-0.3, -0.25) is 0 Å². The van der Waals surface area contributed by atoms with Crippen molar-refractivity contribution in [3.05, 3.63) is 23.5 Å². The summed E-state index contributed by atoms with van der Waals surface area (Å²) in [5.41, 5.74) is 7.51. The molecule has 1 aromatic heterocycles. The van der Waals surface area contributed by atoms with Gasteiger partial charge in [-0.2, -0.15) is 0 Å². The lowest BCUT2D eigenvalue weighted by Gasteiger charge is -2.30. The number of aromatic nitrogens is 1. The average Bonchev–Trinajstić information content (AvgIpc) is 2.38. The standard InChI is InChI=1S/C12H17N3O3/c1-7-5-18-6-11(15-7)8-3-10(12(16)17-2)14-4-9(8)13/h3-4,7,11,15H,5-6,13H2,1-2H3/t7-,11+/m1/s1. The summed E-state index contributed by atoms with van der Waals surface area (Å²) < 4.78 is 10.1. The van der Waals surface area contributed by atoms with Gasteiger partial charge in [-0.05, 0) is 18.6 Å². The second-order valence-electron chi connectivity index (χ2n) is 4.35. The van der Waals surface area contributed by atoms with Crippen LogP contribution in [0.1, 0.15) is 29.0 Å². The van der Waals surface area contributed by atoms with Gasteiger partial charge in [-0.1, -0.05) is 0 Å². The van der Waals surface area contributed by atoms with Crippen molar-refractivity contribution in [3.63, 3.8) is 0 Å². The monoisotopic (exact) mass is 251 g/mol. The zero-order chi connectivity index (χ0) is 13.1. The number of esters is 1. The lowest BCUT2D eigenvalue weighted by atomic mass is 10.0. The number of nitrogens with zero attached hydrogens (tertiary/aromatic N) is 1. The highest BCUT2D eigenvalue weighted by Crippen LogP contribution is 2.23. The van der Waals surface area contributed by atoms with E-state index < -0.39 is 5.97 Å². The Balaban J connectivity index is 2.28. The van der Waals surface area contributed by atoms with E-state index in [0.29, 0.717) is 18.9 Å². The van der Waals surface area contributed by atoms with Gasteiger partial charge < -0.3 is 20.5 Å². The Labute approximate surface area is 105 Å². The van der Waals surface area contributed by atoms with Crippen LogP contribution >= 0.6 is 0 Å². The van der Waals surface area contributed by atoms with Crippen LogP contribution in [-0.4, -0.2) is 37.3 Å². The summed E-state index contributed by atoms with van der Waals surface area (Å²) in [4.78, 5) is 15.4. The molecule has 2 atom stereocenters. The van der Waals surface area contributed by atoms with Crippen molar-refractivity contribution in [1.29, 1.82) is 0 Å². The first kappa shape index (κ1) is 12.8. The summed E-state index contributed by atoms with van der Waals surface area (Å²) in [5.74, 6) is -0.471. The van der Waals surface area contributed by atoms with Crippen molar-refractivity contribution in [2.75, 3.05) is 26.1 Å². The second-order valence-corrected chi connectivity index (χ2v) is 4.35. The van der Waals surface area contributed by atoms with Crippen LogP contribution in [-0.2, 0) is 9.47 Å². The quantitative estimate of drug-likeness (QED) is 0.744. The zero-order valence-corrected chi connectivity index (χ0v) is 10.5. The van der Waals surface area contributed by atoms with E-state index in [1.54, 1.807) is 6.07 Å². The third kappa shape index (κ3) is 2.60. The van der Waals surface area contributed by atoms with Crippen molar-refractivity contribution >= 4 is 11.7 Å². The number of carbonyl (C=O) groups is 1. The van der Waals surface area contributed by atoms with Gasteiger partial charge in [0, 0.05) is 6.04 Å².